The monoisotopic (exact) mass is 428 g/mol. The Morgan fingerprint density at radius 1 is 1.04 bits per heavy atom. The van der Waals surface area contributed by atoms with Crippen molar-refractivity contribution in [3.63, 3.8) is 0 Å². The summed E-state index contributed by atoms with van der Waals surface area (Å²) in [5.74, 6) is -0.930. The molecule has 1 aromatic heterocycles. The van der Waals surface area contributed by atoms with Crippen molar-refractivity contribution in [1.82, 2.24) is 10.3 Å². The molecule has 2 atom stereocenters. The summed E-state index contributed by atoms with van der Waals surface area (Å²) in [4.78, 5) is 15.0. The summed E-state index contributed by atoms with van der Waals surface area (Å²) in [6, 6.07) is 7.49. The lowest BCUT2D eigenvalue weighted by molar-refractivity contribution is -0.139. The second-order valence-electron chi connectivity index (χ2n) is 6.19. The van der Waals surface area contributed by atoms with Crippen LogP contribution < -0.4 is 5.32 Å². The Balaban J connectivity index is 1.95. The lowest BCUT2D eigenvalue weighted by atomic mass is 9.90. The van der Waals surface area contributed by atoms with Crippen LogP contribution in [0.25, 0.3) is 10.9 Å². The molecule has 0 spiro atoms. The first-order chi connectivity index (χ1) is 12.3. The topological polar surface area (TPSA) is 65.1 Å². The Morgan fingerprint density at radius 2 is 1.77 bits per heavy atom. The number of hydrogen-bond acceptors (Lipinski definition) is 2. The van der Waals surface area contributed by atoms with Gasteiger partial charge in [0.05, 0.1) is 16.1 Å². The maximum Gasteiger partial charge on any atom is 0.321 e. The molecule has 0 fully saturated rings. The van der Waals surface area contributed by atoms with Crippen LogP contribution in [0, 0.1) is 0 Å². The quantitative estimate of drug-likeness (QED) is 0.506. The van der Waals surface area contributed by atoms with Gasteiger partial charge in [-0.15, -0.1) is 0 Å². The van der Waals surface area contributed by atoms with Crippen molar-refractivity contribution in [3.05, 3.63) is 67.2 Å². The zero-order chi connectivity index (χ0) is 18.6. The van der Waals surface area contributed by atoms with Gasteiger partial charge in [-0.1, -0.05) is 52.5 Å². The van der Waals surface area contributed by atoms with Gasteiger partial charge in [-0.2, -0.15) is 0 Å². The Labute approximate surface area is 169 Å². The number of rotatable bonds is 2. The third kappa shape index (κ3) is 2.96. The fourth-order valence-electron chi connectivity index (χ4n) is 3.42. The van der Waals surface area contributed by atoms with Gasteiger partial charge in [-0.25, -0.2) is 0 Å². The number of fused-ring (bicyclic) bond motifs is 3. The van der Waals surface area contributed by atoms with Gasteiger partial charge in [0.25, 0.3) is 0 Å². The second-order valence-corrected chi connectivity index (χ2v) is 7.85. The van der Waals surface area contributed by atoms with E-state index in [1.807, 2.05) is 0 Å². The van der Waals surface area contributed by atoms with E-state index in [4.69, 9.17) is 46.4 Å². The van der Waals surface area contributed by atoms with E-state index in [-0.39, 0.29) is 0 Å². The highest BCUT2D eigenvalue weighted by Gasteiger charge is 2.34. The SMILES string of the molecule is O=C(O)C1Cc2c([nH]c3cc(Cl)c(Cl)cc23)C(c2ccc(Cl)cc2Cl)N1. The first-order valence-electron chi connectivity index (χ1n) is 7.78. The van der Waals surface area contributed by atoms with Gasteiger partial charge in [0.1, 0.15) is 6.04 Å². The van der Waals surface area contributed by atoms with Gasteiger partial charge in [0, 0.05) is 33.1 Å². The number of halogens is 4. The number of carboxylic acid groups (broad SMARTS) is 1. The molecule has 2 unspecified atom stereocenters. The van der Waals surface area contributed by atoms with Crippen LogP contribution in [-0.2, 0) is 11.2 Å². The van der Waals surface area contributed by atoms with Gasteiger partial charge in [0.15, 0.2) is 0 Å². The molecule has 3 N–H and O–H groups in total. The van der Waals surface area contributed by atoms with E-state index >= 15 is 0 Å². The smallest absolute Gasteiger partial charge is 0.321 e. The number of aromatic nitrogens is 1. The number of H-pyrrole nitrogens is 1. The highest BCUT2D eigenvalue weighted by atomic mass is 35.5. The van der Waals surface area contributed by atoms with E-state index in [1.165, 1.54) is 0 Å². The number of aliphatic carboxylic acids is 1. The van der Waals surface area contributed by atoms with Crippen molar-refractivity contribution in [3.8, 4) is 0 Å². The minimum atomic E-state index is -0.930. The normalized spacial score (nSPS) is 19.5. The van der Waals surface area contributed by atoms with E-state index in [0.29, 0.717) is 26.5 Å². The van der Waals surface area contributed by atoms with E-state index < -0.39 is 18.1 Å². The molecule has 1 aliphatic rings. The summed E-state index contributed by atoms with van der Waals surface area (Å²) >= 11 is 24.7. The molecule has 0 aliphatic carbocycles. The summed E-state index contributed by atoms with van der Waals surface area (Å²) in [5, 5.41) is 15.4. The van der Waals surface area contributed by atoms with Crippen molar-refractivity contribution in [1.29, 1.82) is 0 Å². The van der Waals surface area contributed by atoms with Crippen LogP contribution in [0.3, 0.4) is 0 Å². The summed E-state index contributed by atoms with van der Waals surface area (Å²) in [6.45, 7) is 0. The second kappa shape index (κ2) is 6.63. The molecule has 0 bridgehead atoms. The number of carboxylic acids is 1. The van der Waals surface area contributed by atoms with Crippen molar-refractivity contribution in [2.45, 2.75) is 18.5 Å². The van der Waals surface area contributed by atoms with E-state index in [0.717, 1.165) is 27.7 Å². The number of benzene rings is 2. The molecule has 2 aromatic carbocycles. The van der Waals surface area contributed by atoms with Crippen molar-refractivity contribution < 1.29 is 9.90 Å². The van der Waals surface area contributed by atoms with Crippen LogP contribution in [0.2, 0.25) is 20.1 Å². The number of nitrogens with one attached hydrogen (secondary N) is 2. The standard InChI is InChI=1S/C18H12Cl4N2O2/c19-7-1-2-8(11(20)3-7)16-17-10(5-15(24-16)18(25)26)9-4-12(21)13(22)6-14(9)23-17/h1-4,6,15-16,23-24H,5H2,(H,25,26). The first kappa shape index (κ1) is 18.0. The molecule has 4 rings (SSSR count). The van der Waals surface area contributed by atoms with Gasteiger partial charge >= 0.3 is 5.97 Å². The third-order valence-electron chi connectivity index (χ3n) is 4.62. The zero-order valence-corrected chi connectivity index (χ0v) is 16.1. The first-order valence-corrected chi connectivity index (χ1v) is 9.29. The van der Waals surface area contributed by atoms with Gasteiger partial charge in [-0.05, 0) is 35.4 Å². The molecular formula is C18H12Cl4N2O2. The lowest BCUT2D eigenvalue weighted by Gasteiger charge is -2.30. The Bertz CT molecular complexity index is 1050. The molecule has 2 heterocycles. The number of carbonyl (C=O) groups is 1. The van der Waals surface area contributed by atoms with Crippen LogP contribution in [0.4, 0.5) is 0 Å². The van der Waals surface area contributed by atoms with E-state index in [9.17, 15) is 9.90 Å². The van der Waals surface area contributed by atoms with E-state index in [2.05, 4.69) is 10.3 Å². The summed E-state index contributed by atoms with van der Waals surface area (Å²) in [7, 11) is 0. The highest BCUT2D eigenvalue weighted by Crippen LogP contribution is 2.40. The molecule has 3 aromatic rings. The predicted molar refractivity (Wildman–Crippen MR) is 105 cm³/mol. The summed E-state index contributed by atoms with van der Waals surface area (Å²) in [5.41, 5.74) is 3.28. The Morgan fingerprint density at radius 3 is 2.46 bits per heavy atom. The van der Waals surface area contributed by atoms with Gasteiger partial charge < -0.3 is 10.1 Å². The van der Waals surface area contributed by atoms with Gasteiger partial charge in [-0.3, -0.25) is 10.1 Å². The fraction of sp³-hybridized carbons (Fsp3) is 0.167. The minimum Gasteiger partial charge on any atom is -0.480 e. The Kier molecular flexibility index (Phi) is 4.58. The molecule has 26 heavy (non-hydrogen) atoms. The molecule has 4 nitrogen and oxygen atoms in total. The van der Waals surface area contributed by atoms with Crippen LogP contribution in [-0.4, -0.2) is 22.1 Å². The zero-order valence-electron chi connectivity index (χ0n) is 13.1. The fourth-order valence-corrected chi connectivity index (χ4v) is 4.26. The molecular weight excluding hydrogens is 418 g/mol. The molecule has 8 heteroatoms. The predicted octanol–water partition coefficient (Wildman–Crippen LogP) is 5.47. The van der Waals surface area contributed by atoms with Crippen LogP contribution in [0.5, 0.6) is 0 Å². The summed E-state index contributed by atoms with van der Waals surface area (Å²) < 4.78 is 0. The average Bonchev–Trinajstić information content (AvgIpc) is 2.92. The summed E-state index contributed by atoms with van der Waals surface area (Å²) in [6.07, 6.45) is 0.324. The maximum absolute atomic E-state index is 11.7. The average molecular weight is 430 g/mol. The number of aromatic amines is 1. The van der Waals surface area contributed by atoms with Crippen LogP contribution in [0.15, 0.2) is 30.3 Å². The molecule has 0 saturated carbocycles. The van der Waals surface area contributed by atoms with E-state index in [1.54, 1.807) is 30.3 Å². The molecule has 134 valence electrons. The highest BCUT2D eigenvalue weighted by molar-refractivity contribution is 6.42. The lowest BCUT2D eigenvalue weighted by Crippen LogP contribution is -2.45. The Hall–Kier alpha value is -1.43. The molecule has 0 amide bonds. The van der Waals surface area contributed by atoms with Gasteiger partial charge in [0.2, 0.25) is 0 Å². The number of hydrogen-bond donors (Lipinski definition) is 3. The van der Waals surface area contributed by atoms with Crippen molar-refractivity contribution >= 4 is 63.3 Å². The van der Waals surface area contributed by atoms with Crippen molar-refractivity contribution in [2.75, 3.05) is 0 Å². The van der Waals surface area contributed by atoms with Crippen LogP contribution >= 0.6 is 46.4 Å². The molecule has 0 saturated heterocycles. The van der Waals surface area contributed by atoms with Crippen LogP contribution in [0.1, 0.15) is 22.9 Å². The maximum atomic E-state index is 11.7. The van der Waals surface area contributed by atoms with Crippen molar-refractivity contribution in [2.24, 2.45) is 0 Å². The third-order valence-corrected chi connectivity index (χ3v) is 5.90. The molecule has 0 radical (unpaired) electrons. The molecule has 1 aliphatic heterocycles. The minimum absolute atomic E-state index is 0.324. The largest absolute Gasteiger partial charge is 0.480 e.